The van der Waals surface area contributed by atoms with Crippen LogP contribution in [0.25, 0.3) is 10.2 Å². The Labute approximate surface area is 164 Å². The molecule has 1 N–H and O–H groups in total. The molecule has 4 nitrogen and oxygen atoms in total. The standard InChI is InChI=1S/C17H15Cl2N3OS2/c1-9(12-4-3-11(18)7-14(12)19)22-15(23)10(2)25-17-13-5-6-24-16(13)20-8-21-17/h3-10H,1-2H3,(H,22,23)/t9-,10-/m1/s1. The van der Waals surface area contributed by atoms with Gasteiger partial charge in [0, 0.05) is 15.4 Å². The Morgan fingerprint density at radius 1 is 1.24 bits per heavy atom. The van der Waals surface area contributed by atoms with Crippen LogP contribution in [0, 0.1) is 0 Å². The van der Waals surface area contributed by atoms with Crippen molar-refractivity contribution in [1.29, 1.82) is 0 Å². The number of aromatic nitrogens is 2. The molecule has 2 heterocycles. The van der Waals surface area contributed by atoms with Gasteiger partial charge in [0.25, 0.3) is 0 Å². The first-order valence-electron chi connectivity index (χ1n) is 7.56. The van der Waals surface area contributed by atoms with E-state index < -0.39 is 0 Å². The van der Waals surface area contributed by atoms with E-state index in [1.807, 2.05) is 31.4 Å². The average molecular weight is 412 g/mol. The number of carbonyl (C=O) groups is 1. The van der Waals surface area contributed by atoms with E-state index in [0.29, 0.717) is 10.0 Å². The van der Waals surface area contributed by atoms with Crippen LogP contribution in [-0.4, -0.2) is 21.1 Å². The third-order valence-electron chi connectivity index (χ3n) is 3.67. The molecule has 3 rings (SSSR count). The molecule has 0 bridgehead atoms. The normalized spacial score (nSPS) is 13.6. The molecule has 8 heteroatoms. The van der Waals surface area contributed by atoms with Gasteiger partial charge in [0.05, 0.1) is 11.3 Å². The van der Waals surface area contributed by atoms with Crippen LogP contribution < -0.4 is 5.32 Å². The molecular formula is C17H15Cl2N3OS2. The number of amides is 1. The van der Waals surface area contributed by atoms with Gasteiger partial charge in [-0.15, -0.1) is 11.3 Å². The van der Waals surface area contributed by atoms with Crippen LogP contribution in [-0.2, 0) is 4.79 Å². The van der Waals surface area contributed by atoms with Crippen LogP contribution in [0.1, 0.15) is 25.5 Å². The molecule has 0 aliphatic carbocycles. The molecule has 1 aromatic carbocycles. The van der Waals surface area contributed by atoms with Crippen LogP contribution >= 0.6 is 46.3 Å². The molecule has 0 saturated heterocycles. The van der Waals surface area contributed by atoms with E-state index in [1.54, 1.807) is 23.5 Å². The minimum Gasteiger partial charge on any atom is -0.349 e. The minimum atomic E-state index is -0.300. The van der Waals surface area contributed by atoms with Crippen molar-refractivity contribution >= 4 is 62.4 Å². The van der Waals surface area contributed by atoms with Crippen molar-refractivity contribution in [2.45, 2.75) is 30.2 Å². The first-order valence-corrected chi connectivity index (χ1v) is 10.1. The molecule has 2 atom stereocenters. The molecule has 0 radical (unpaired) electrons. The Hall–Kier alpha value is -1.34. The van der Waals surface area contributed by atoms with Crippen LogP contribution in [0.4, 0.5) is 0 Å². The summed E-state index contributed by atoms with van der Waals surface area (Å²) in [5.74, 6) is -0.0782. The van der Waals surface area contributed by atoms with E-state index in [-0.39, 0.29) is 17.2 Å². The highest BCUT2D eigenvalue weighted by Crippen LogP contribution is 2.31. The Balaban J connectivity index is 1.69. The average Bonchev–Trinajstić information content (AvgIpc) is 3.04. The number of nitrogens with one attached hydrogen (secondary N) is 1. The number of halogens is 2. The van der Waals surface area contributed by atoms with Crippen LogP contribution in [0.15, 0.2) is 41.0 Å². The topological polar surface area (TPSA) is 54.9 Å². The number of thioether (sulfide) groups is 1. The lowest BCUT2D eigenvalue weighted by Crippen LogP contribution is -2.33. The van der Waals surface area contributed by atoms with E-state index in [9.17, 15) is 4.79 Å². The van der Waals surface area contributed by atoms with Gasteiger partial charge in [0.2, 0.25) is 5.91 Å². The van der Waals surface area contributed by atoms with Gasteiger partial charge in [-0.25, -0.2) is 9.97 Å². The van der Waals surface area contributed by atoms with Gasteiger partial charge in [-0.05, 0) is 43.0 Å². The molecular weight excluding hydrogens is 397 g/mol. The number of nitrogens with zero attached hydrogens (tertiary/aromatic N) is 2. The number of fused-ring (bicyclic) bond motifs is 1. The van der Waals surface area contributed by atoms with Crippen molar-refractivity contribution in [2.75, 3.05) is 0 Å². The molecule has 0 saturated carbocycles. The maximum Gasteiger partial charge on any atom is 0.233 e. The van der Waals surface area contributed by atoms with Gasteiger partial charge in [-0.3, -0.25) is 4.79 Å². The quantitative estimate of drug-likeness (QED) is 0.453. The smallest absolute Gasteiger partial charge is 0.233 e. The van der Waals surface area contributed by atoms with Crippen molar-refractivity contribution in [3.05, 3.63) is 51.6 Å². The summed E-state index contributed by atoms with van der Waals surface area (Å²) in [6.07, 6.45) is 1.53. The van der Waals surface area contributed by atoms with Crippen molar-refractivity contribution < 1.29 is 4.79 Å². The lowest BCUT2D eigenvalue weighted by Gasteiger charge is -2.18. The van der Waals surface area contributed by atoms with Gasteiger partial charge in [-0.2, -0.15) is 0 Å². The van der Waals surface area contributed by atoms with Gasteiger partial charge in [0.15, 0.2) is 0 Å². The second kappa shape index (κ2) is 7.91. The Kier molecular flexibility index (Phi) is 5.84. The second-order valence-corrected chi connectivity index (χ2v) is 8.54. The fraction of sp³-hybridized carbons (Fsp3) is 0.235. The lowest BCUT2D eigenvalue weighted by atomic mass is 10.1. The highest BCUT2D eigenvalue weighted by Gasteiger charge is 2.20. The Bertz CT molecular complexity index is 916. The van der Waals surface area contributed by atoms with Crippen molar-refractivity contribution in [3.8, 4) is 0 Å². The highest BCUT2D eigenvalue weighted by molar-refractivity contribution is 8.00. The summed E-state index contributed by atoms with van der Waals surface area (Å²) in [5.41, 5.74) is 0.832. The number of hydrogen-bond donors (Lipinski definition) is 1. The van der Waals surface area contributed by atoms with Gasteiger partial charge in [0.1, 0.15) is 16.2 Å². The molecule has 0 spiro atoms. The third kappa shape index (κ3) is 4.26. The van der Waals surface area contributed by atoms with Crippen molar-refractivity contribution in [1.82, 2.24) is 15.3 Å². The summed E-state index contributed by atoms with van der Waals surface area (Å²) >= 11 is 15.1. The molecule has 3 aromatic rings. The number of benzene rings is 1. The van der Waals surface area contributed by atoms with E-state index in [1.165, 1.54) is 18.1 Å². The summed E-state index contributed by atoms with van der Waals surface area (Å²) < 4.78 is 0. The SMILES string of the molecule is C[C@@H](Sc1ncnc2sccc12)C(=O)N[C@H](C)c1ccc(Cl)cc1Cl. The highest BCUT2D eigenvalue weighted by atomic mass is 35.5. The zero-order valence-corrected chi connectivity index (χ0v) is 16.6. The Morgan fingerprint density at radius 3 is 2.80 bits per heavy atom. The number of rotatable bonds is 5. The van der Waals surface area contributed by atoms with Crippen LogP contribution in [0.3, 0.4) is 0 Å². The monoisotopic (exact) mass is 411 g/mol. The second-order valence-electron chi connectivity index (χ2n) is 5.47. The van der Waals surface area contributed by atoms with Crippen molar-refractivity contribution in [2.24, 2.45) is 0 Å². The summed E-state index contributed by atoms with van der Waals surface area (Å²) in [6, 6.07) is 7.02. The summed E-state index contributed by atoms with van der Waals surface area (Å²) in [7, 11) is 0. The summed E-state index contributed by atoms with van der Waals surface area (Å²) in [4.78, 5) is 22.0. The Morgan fingerprint density at radius 2 is 2.04 bits per heavy atom. The van der Waals surface area contributed by atoms with Crippen LogP contribution in [0.5, 0.6) is 0 Å². The first-order chi connectivity index (χ1) is 12.0. The van der Waals surface area contributed by atoms with E-state index in [4.69, 9.17) is 23.2 Å². The molecule has 0 aliphatic rings. The lowest BCUT2D eigenvalue weighted by molar-refractivity contribution is -0.120. The molecule has 1 amide bonds. The number of hydrogen-bond acceptors (Lipinski definition) is 5. The number of thiophene rings is 1. The first kappa shape index (κ1) is 18.5. The number of carbonyl (C=O) groups excluding carboxylic acids is 1. The molecule has 0 fully saturated rings. The third-order valence-corrected chi connectivity index (χ3v) is 6.17. The van der Waals surface area contributed by atoms with E-state index in [2.05, 4.69) is 15.3 Å². The maximum absolute atomic E-state index is 12.5. The zero-order chi connectivity index (χ0) is 18.0. The van der Waals surface area contributed by atoms with E-state index >= 15 is 0 Å². The molecule has 0 unspecified atom stereocenters. The molecule has 25 heavy (non-hydrogen) atoms. The molecule has 0 aliphatic heterocycles. The largest absolute Gasteiger partial charge is 0.349 e. The van der Waals surface area contributed by atoms with Crippen LogP contribution in [0.2, 0.25) is 10.0 Å². The van der Waals surface area contributed by atoms with Gasteiger partial charge in [-0.1, -0.05) is 41.0 Å². The predicted octanol–water partition coefficient (Wildman–Crippen LogP) is 5.36. The molecule has 2 aromatic heterocycles. The summed E-state index contributed by atoms with van der Waals surface area (Å²) in [6.45, 7) is 3.75. The zero-order valence-electron chi connectivity index (χ0n) is 13.5. The van der Waals surface area contributed by atoms with Crippen molar-refractivity contribution in [3.63, 3.8) is 0 Å². The fourth-order valence-electron chi connectivity index (χ4n) is 2.34. The molecule has 130 valence electrons. The fourth-order valence-corrected chi connectivity index (χ4v) is 4.62. The predicted molar refractivity (Wildman–Crippen MR) is 106 cm³/mol. The van der Waals surface area contributed by atoms with Gasteiger partial charge < -0.3 is 5.32 Å². The van der Waals surface area contributed by atoms with E-state index in [0.717, 1.165) is 20.8 Å². The maximum atomic E-state index is 12.5. The minimum absolute atomic E-state index is 0.0782. The summed E-state index contributed by atoms with van der Waals surface area (Å²) in [5, 5.41) is 7.56. The van der Waals surface area contributed by atoms with Gasteiger partial charge >= 0.3 is 0 Å².